The number of fused-ring (bicyclic) bond motifs is 2. The van der Waals surface area contributed by atoms with Crippen molar-refractivity contribution < 1.29 is 72.0 Å². The highest BCUT2D eigenvalue weighted by molar-refractivity contribution is 5.81. The molecular formula is C29H48O15. The van der Waals surface area contributed by atoms with Crippen LogP contribution in [0.3, 0.4) is 0 Å². The predicted octanol–water partition coefficient (Wildman–Crippen LogP) is 1.04. The van der Waals surface area contributed by atoms with Crippen LogP contribution in [0.25, 0.3) is 0 Å². The van der Waals surface area contributed by atoms with Crippen molar-refractivity contribution in [2.24, 2.45) is 11.8 Å². The fourth-order valence-corrected chi connectivity index (χ4v) is 5.13. The summed E-state index contributed by atoms with van der Waals surface area (Å²) in [6.45, 7) is 16.0. The van der Waals surface area contributed by atoms with Crippen molar-refractivity contribution in [1.29, 1.82) is 0 Å². The zero-order chi connectivity index (χ0) is 32.1. The van der Waals surface area contributed by atoms with Crippen LogP contribution in [-0.2, 0) is 66.5 Å². The van der Waals surface area contributed by atoms with Crippen LogP contribution in [0.1, 0.15) is 48.5 Å². The smallest absolute Gasteiger partial charge is 0.330 e. The van der Waals surface area contributed by atoms with Gasteiger partial charge in [0.25, 0.3) is 0 Å². The molecule has 4 aliphatic rings. The van der Waals surface area contributed by atoms with Crippen LogP contribution in [0.5, 0.6) is 0 Å². The summed E-state index contributed by atoms with van der Waals surface area (Å²) in [5, 5.41) is 0. The summed E-state index contributed by atoms with van der Waals surface area (Å²) >= 11 is 0. The Hall–Kier alpha value is -2.21. The van der Waals surface area contributed by atoms with Crippen LogP contribution < -0.4 is 0 Å². The average molecular weight is 637 g/mol. The number of rotatable bonds is 11. The van der Waals surface area contributed by atoms with Gasteiger partial charge in [-0.05, 0) is 34.6 Å². The molecule has 4 fully saturated rings. The van der Waals surface area contributed by atoms with Gasteiger partial charge in [0.2, 0.25) is 0 Å². The molecule has 4 rings (SSSR count). The van der Waals surface area contributed by atoms with Crippen molar-refractivity contribution >= 4 is 17.9 Å². The number of carbonyl (C=O) groups excluding carboxylic acids is 3. The fourth-order valence-electron chi connectivity index (χ4n) is 5.13. The molecule has 0 aromatic carbocycles. The quantitative estimate of drug-likeness (QED) is 0.178. The molecule has 2 N–H and O–H groups in total. The van der Waals surface area contributed by atoms with E-state index in [-0.39, 0.29) is 49.7 Å². The largest absolute Gasteiger partial charge is 0.466 e. The van der Waals surface area contributed by atoms with Gasteiger partial charge in [-0.15, -0.1) is 0 Å². The number of carbonyl (C=O) groups is 3. The number of methoxy groups -OCH3 is 2. The molecule has 254 valence electrons. The fraction of sp³-hybridized carbons (Fsp3) is 0.828. The molecular weight excluding hydrogens is 588 g/mol. The van der Waals surface area contributed by atoms with Crippen LogP contribution in [0.2, 0.25) is 0 Å². The van der Waals surface area contributed by atoms with E-state index < -0.39 is 66.1 Å². The van der Waals surface area contributed by atoms with E-state index in [9.17, 15) is 14.4 Å². The van der Waals surface area contributed by atoms with Crippen molar-refractivity contribution in [2.75, 3.05) is 34.0 Å². The molecule has 4 heterocycles. The van der Waals surface area contributed by atoms with Gasteiger partial charge in [0, 0.05) is 20.3 Å². The van der Waals surface area contributed by atoms with Crippen LogP contribution in [-0.4, -0.2) is 118 Å². The van der Waals surface area contributed by atoms with Crippen LogP contribution in [0.4, 0.5) is 0 Å². The molecule has 0 spiro atoms. The lowest BCUT2D eigenvalue weighted by molar-refractivity contribution is -0.231. The van der Waals surface area contributed by atoms with Gasteiger partial charge >= 0.3 is 17.9 Å². The first-order chi connectivity index (χ1) is 20.2. The first kappa shape index (κ1) is 38.0. The van der Waals surface area contributed by atoms with E-state index >= 15 is 0 Å². The summed E-state index contributed by atoms with van der Waals surface area (Å²) in [6.07, 6.45) is -2.24. The predicted molar refractivity (Wildman–Crippen MR) is 150 cm³/mol. The monoisotopic (exact) mass is 636 g/mol. The molecule has 0 radical (unpaired) electrons. The number of hydrogen-bond acceptors (Lipinski definition) is 14. The Morgan fingerprint density at radius 3 is 1.50 bits per heavy atom. The molecule has 44 heavy (non-hydrogen) atoms. The summed E-state index contributed by atoms with van der Waals surface area (Å²) in [5.41, 5.74) is 0. The van der Waals surface area contributed by atoms with Crippen LogP contribution >= 0.6 is 0 Å². The molecule has 0 saturated carbocycles. The van der Waals surface area contributed by atoms with Gasteiger partial charge in [0.05, 0.1) is 18.4 Å². The van der Waals surface area contributed by atoms with E-state index in [1.807, 2.05) is 27.7 Å². The van der Waals surface area contributed by atoms with Gasteiger partial charge in [0.1, 0.15) is 49.8 Å². The molecule has 0 aromatic rings. The molecule has 15 nitrogen and oxygen atoms in total. The molecule has 15 heteroatoms. The maximum atomic E-state index is 12.2. The highest BCUT2D eigenvalue weighted by atomic mass is 16.8. The third kappa shape index (κ3) is 9.17. The summed E-state index contributed by atoms with van der Waals surface area (Å²) in [5.74, 6) is -4.03. The third-order valence-corrected chi connectivity index (χ3v) is 7.41. The molecule has 0 aliphatic carbocycles. The Balaban J connectivity index is 0.000000315. The molecule has 0 amide bonds. The van der Waals surface area contributed by atoms with Crippen molar-refractivity contribution in [1.82, 2.24) is 0 Å². The Kier molecular flexibility index (Phi) is 13.7. The van der Waals surface area contributed by atoms with Gasteiger partial charge in [-0.1, -0.05) is 20.4 Å². The number of hydrogen-bond donors (Lipinski definition) is 0. The first-order valence-electron chi connectivity index (χ1n) is 14.4. The topological polar surface area (TPSA) is 184 Å². The van der Waals surface area contributed by atoms with Gasteiger partial charge in [-0.3, -0.25) is 9.59 Å². The highest BCUT2D eigenvalue weighted by Gasteiger charge is 2.57. The standard InChI is InChI=1S/C17H28O8.C12H18O6.H2O/c1-7-21-14(18)9(2)10(3)15(19)22-8-11-12-13(16(20-6)23-11)25-17(4,5)24-12;1-5-8(13)15-6-7-9-10(11(14-4)16-7)18-12(2,3)17-9;/h9-13,16H,7-8H2,1-6H3;5,7,9-11H,1,6H2,2-4H3;1H2. The van der Waals surface area contributed by atoms with E-state index in [0.29, 0.717) is 0 Å². The molecule has 4 aliphatic heterocycles. The minimum Gasteiger partial charge on any atom is -0.466 e. The summed E-state index contributed by atoms with van der Waals surface area (Å²) in [4.78, 5) is 35.0. The van der Waals surface area contributed by atoms with Gasteiger partial charge < -0.3 is 57.6 Å². The van der Waals surface area contributed by atoms with Crippen molar-refractivity contribution in [3.05, 3.63) is 12.7 Å². The number of ether oxygens (including phenoxy) is 11. The lowest BCUT2D eigenvalue weighted by Gasteiger charge is -2.24. The van der Waals surface area contributed by atoms with Crippen molar-refractivity contribution in [3.63, 3.8) is 0 Å². The highest BCUT2D eigenvalue weighted by Crippen LogP contribution is 2.40. The molecule has 10 atom stereocenters. The van der Waals surface area contributed by atoms with E-state index in [1.54, 1.807) is 20.8 Å². The summed E-state index contributed by atoms with van der Waals surface area (Å²) in [6, 6.07) is 0. The van der Waals surface area contributed by atoms with E-state index in [1.165, 1.54) is 14.2 Å². The maximum Gasteiger partial charge on any atom is 0.330 e. The SMILES string of the molecule is C=CC(=O)OCC1OC(OC)C2OC(C)(C)OC12.CCOC(=O)C(C)C(C)C(=O)OCC1OC(OC)C2OC(C)(C)OC12.O. The van der Waals surface area contributed by atoms with Crippen molar-refractivity contribution in [2.45, 2.75) is 109 Å². The van der Waals surface area contributed by atoms with E-state index in [2.05, 4.69) is 6.58 Å². The lowest BCUT2D eigenvalue weighted by atomic mass is 9.96. The van der Waals surface area contributed by atoms with Gasteiger partial charge in [-0.25, -0.2) is 4.79 Å². The minimum absolute atomic E-state index is 0. The lowest BCUT2D eigenvalue weighted by Crippen LogP contribution is -2.35. The Bertz CT molecular complexity index is 984. The Morgan fingerprint density at radius 2 is 1.11 bits per heavy atom. The first-order valence-corrected chi connectivity index (χ1v) is 14.4. The second-order valence-corrected chi connectivity index (χ2v) is 11.5. The van der Waals surface area contributed by atoms with Crippen molar-refractivity contribution in [3.8, 4) is 0 Å². The second kappa shape index (κ2) is 15.9. The van der Waals surface area contributed by atoms with Crippen LogP contribution in [0.15, 0.2) is 12.7 Å². The second-order valence-electron chi connectivity index (χ2n) is 11.5. The maximum absolute atomic E-state index is 12.2. The van der Waals surface area contributed by atoms with Crippen LogP contribution in [0, 0.1) is 11.8 Å². The van der Waals surface area contributed by atoms with E-state index in [4.69, 9.17) is 52.1 Å². The zero-order valence-electron chi connectivity index (χ0n) is 26.9. The molecule has 0 bridgehead atoms. The molecule has 0 aromatic heterocycles. The molecule has 4 saturated heterocycles. The Labute approximate surface area is 257 Å². The van der Waals surface area contributed by atoms with Gasteiger partial charge in [-0.2, -0.15) is 0 Å². The average Bonchev–Trinajstić information content (AvgIpc) is 3.65. The van der Waals surface area contributed by atoms with E-state index in [0.717, 1.165) is 6.08 Å². The number of esters is 3. The third-order valence-electron chi connectivity index (χ3n) is 7.41. The Morgan fingerprint density at radius 1 is 0.727 bits per heavy atom. The summed E-state index contributed by atoms with van der Waals surface area (Å²) in [7, 11) is 3.06. The minimum atomic E-state index is -0.746. The normalized spacial score (nSPS) is 33.8. The zero-order valence-corrected chi connectivity index (χ0v) is 26.9. The molecule has 10 unspecified atom stereocenters. The van der Waals surface area contributed by atoms with Gasteiger partial charge in [0.15, 0.2) is 24.2 Å². The summed E-state index contributed by atoms with van der Waals surface area (Å²) < 4.78 is 60.1.